The summed E-state index contributed by atoms with van der Waals surface area (Å²) in [7, 11) is 1.56. The first kappa shape index (κ1) is 10.5. The molecule has 0 unspecified atom stereocenters. The molecule has 4 nitrogen and oxygen atoms in total. The van der Waals surface area contributed by atoms with E-state index in [1.54, 1.807) is 31.4 Å². The molecule has 0 fully saturated rings. The molecule has 0 spiro atoms. The molecule has 14 heavy (non-hydrogen) atoms. The van der Waals surface area contributed by atoms with Crippen LogP contribution in [-0.4, -0.2) is 29.4 Å². The summed E-state index contributed by atoms with van der Waals surface area (Å²) < 4.78 is 4.94. The molecule has 0 amide bonds. The topological polar surface area (TPSA) is 66.8 Å². The number of hydrogen-bond acceptors (Lipinski definition) is 3. The van der Waals surface area contributed by atoms with Gasteiger partial charge >= 0.3 is 5.97 Å². The average Bonchev–Trinajstić information content (AvgIpc) is 2.19. The highest BCUT2D eigenvalue weighted by atomic mass is 16.5. The monoisotopic (exact) mass is 196 g/mol. The molecule has 76 valence electrons. The van der Waals surface area contributed by atoms with Crippen molar-refractivity contribution in [2.75, 3.05) is 7.11 Å². The Labute approximate surface area is 81.8 Å². The number of aliphatic hydroxyl groups is 1. The molecule has 0 aliphatic heterocycles. The van der Waals surface area contributed by atoms with Gasteiger partial charge in [-0.25, -0.2) is 4.79 Å². The van der Waals surface area contributed by atoms with Gasteiger partial charge in [0.1, 0.15) is 5.75 Å². The second-order valence-electron chi connectivity index (χ2n) is 2.91. The van der Waals surface area contributed by atoms with Crippen LogP contribution < -0.4 is 4.74 Å². The van der Waals surface area contributed by atoms with E-state index in [-0.39, 0.29) is 6.42 Å². The molecular formula is C10H12O4. The molecule has 0 aromatic heterocycles. The molecule has 0 radical (unpaired) electrons. The number of benzene rings is 1. The van der Waals surface area contributed by atoms with Gasteiger partial charge in [0.2, 0.25) is 0 Å². The number of methoxy groups -OCH3 is 1. The first-order chi connectivity index (χ1) is 6.63. The lowest BCUT2D eigenvalue weighted by Gasteiger charge is -2.06. The minimum absolute atomic E-state index is 0.110. The molecule has 0 saturated heterocycles. The molecule has 0 aliphatic rings. The summed E-state index contributed by atoms with van der Waals surface area (Å²) in [5.41, 5.74) is 0.765. The number of ether oxygens (including phenoxy) is 1. The predicted octanol–water partition coefficient (Wildman–Crippen LogP) is 0.683. The number of carboxylic acid groups (broad SMARTS) is 1. The lowest BCUT2D eigenvalue weighted by molar-refractivity contribution is -0.146. The Kier molecular flexibility index (Phi) is 3.48. The maximum Gasteiger partial charge on any atom is 0.332 e. The third-order valence-corrected chi connectivity index (χ3v) is 1.87. The highest BCUT2D eigenvalue weighted by Gasteiger charge is 2.13. The summed E-state index contributed by atoms with van der Waals surface area (Å²) in [6.45, 7) is 0. The fraction of sp³-hybridized carbons (Fsp3) is 0.300. The third kappa shape index (κ3) is 2.74. The summed E-state index contributed by atoms with van der Waals surface area (Å²) in [6, 6.07) is 6.91. The fourth-order valence-electron chi connectivity index (χ4n) is 1.07. The Bertz CT molecular complexity index is 304. The quantitative estimate of drug-likeness (QED) is 0.743. The van der Waals surface area contributed by atoms with Crippen LogP contribution in [0.3, 0.4) is 0 Å². The van der Waals surface area contributed by atoms with Crippen molar-refractivity contribution in [3.8, 4) is 5.75 Å². The molecule has 1 atom stereocenters. The van der Waals surface area contributed by atoms with Gasteiger partial charge in [-0.2, -0.15) is 0 Å². The summed E-state index contributed by atoms with van der Waals surface area (Å²) in [6.07, 6.45) is -1.23. The average molecular weight is 196 g/mol. The molecule has 2 N–H and O–H groups in total. The molecule has 1 aromatic rings. The number of rotatable bonds is 4. The van der Waals surface area contributed by atoms with Crippen LogP contribution in [0.1, 0.15) is 5.56 Å². The number of carbonyl (C=O) groups is 1. The van der Waals surface area contributed by atoms with E-state index in [9.17, 15) is 4.79 Å². The highest BCUT2D eigenvalue weighted by Crippen LogP contribution is 2.12. The second kappa shape index (κ2) is 4.62. The first-order valence-corrected chi connectivity index (χ1v) is 4.17. The van der Waals surface area contributed by atoms with Gasteiger partial charge in [0.25, 0.3) is 0 Å². The van der Waals surface area contributed by atoms with E-state index in [1.165, 1.54) is 0 Å². The number of aliphatic carboxylic acids is 1. The van der Waals surface area contributed by atoms with E-state index in [2.05, 4.69) is 0 Å². The molecule has 1 rings (SSSR count). The van der Waals surface area contributed by atoms with Crippen molar-refractivity contribution in [2.24, 2.45) is 0 Å². The molecule has 0 bridgehead atoms. The van der Waals surface area contributed by atoms with Gasteiger partial charge in [0.05, 0.1) is 7.11 Å². The maximum absolute atomic E-state index is 10.4. The zero-order valence-electron chi connectivity index (χ0n) is 7.80. The van der Waals surface area contributed by atoms with Gasteiger partial charge in [0, 0.05) is 6.42 Å². The highest BCUT2D eigenvalue weighted by molar-refractivity contribution is 5.72. The Morgan fingerprint density at radius 1 is 1.43 bits per heavy atom. The van der Waals surface area contributed by atoms with E-state index < -0.39 is 12.1 Å². The van der Waals surface area contributed by atoms with Gasteiger partial charge in [-0.05, 0) is 17.7 Å². The fourth-order valence-corrected chi connectivity index (χ4v) is 1.07. The maximum atomic E-state index is 10.4. The van der Waals surface area contributed by atoms with Crippen LogP contribution in [0.5, 0.6) is 5.75 Å². The van der Waals surface area contributed by atoms with Crippen LogP contribution >= 0.6 is 0 Å². The molecule has 1 aromatic carbocycles. The van der Waals surface area contributed by atoms with Gasteiger partial charge < -0.3 is 14.9 Å². The number of carboxylic acids is 1. The van der Waals surface area contributed by atoms with Gasteiger partial charge in [0.15, 0.2) is 6.10 Å². The largest absolute Gasteiger partial charge is 0.497 e. The van der Waals surface area contributed by atoms with E-state index >= 15 is 0 Å². The first-order valence-electron chi connectivity index (χ1n) is 4.17. The van der Waals surface area contributed by atoms with E-state index in [1.807, 2.05) is 0 Å². The zero-order chi connectivity index (χ0) is 10.6. The van der Waals surface area contributed by atoms with Crippen LogP contribution in [0.15, 0.2) is 24.3 Å². The predicted molar refractivity (Wildman–Crippen MR) is 50.3 cm³/mol. The van der Waals surface area contributed by atoms with Crippen LogP contribution in [0.25, 0.3) is 0 Å². The van der Waals surface area contributed by atoms with Crippen molar-refractivity contribution in [1.29, 1.82) is 0 Å². The van der Waals surface area contributed by atoms with E-state index in [4.69, 9.17) is 14.9 Å². The van der Waals surface area contributed by atoms with Crippen molar-refractivity contribution in [2.45, 2.75) is 12.5 Å². The van der Waals surface area contributed by atoms with Crippen molar-refractivity contribution in [3.05, 3.63) is 29.8 Å². The van der Waals surface area contributed by atoms with Gasteiger partial charge in [-0.15, -0.1) is 0 Å². The Balaban J connectivity index is 2.64. The summed E-state index contributed by atoms with van der Waals surface area (Å²) in [4.78, 5) is 10.4. The van der Waals surface area contributed by atoms with Crippen LogP contribution in [-0.2, 0) is 11.2 Å². The lowest BCUT2D eigenvalue weighted by atomic mass is 10.1. The van der Waals surface area contributed by atoms with Crippen LogP contribution in [0, 0.1) is 0 Å². The van der Waals surface area contributed by atoms with Crippen LogP contribution in [0.4, 0.5) is 0 Å². The van der Waals surface area contributed by atoms with Crippen molar-refractivity contribution >= 4 is 5.97 Å². The van der Waals surface area contributed by atoms with Crippen molar-refractivity contribution < 1.29 is 19.7 Å². The second-order valence-corrected chi connectivity index (χ2v) is 2.91. The van der Waals surface area contributed by atoms with Gasteiger partial charge in [-0.1, -0.05) is 12.1 Å². The van der Waals surface area contributed by atoms with Crippen LogP contribution in [0.2, 0.25) is 0 Å². The summed E-state index contributed by atoms with van der Waals surface area (Å²) in [5.74, 6) is -0.501. The molecular weight excluding hydrogens is 184 g/mol. The summed E-state index contributed by atoms with van der Waals surface area (Å²) in [5, 5.41) is 17.5. The lowest BCUT2D eigenvalue weighted by Crippen LogP contribution is -2.21. The minimum atomic E-state index is -1.34. The SMILES string of the molecule is COc1ccc(C[C@H](O)C(=O)O)cc1. The molecule has 0 heterocycles. The Hall–Kier alpha value is -1.55. The summed E-state index contributed by atoms with van der Waals surface area (Å²) >= 11 is 0. The minimum Gasteiger partial charge on any atom is -0.497 e. The number of hydrogen-bond donors (Lipinski definition) is 2. The molecule has 4 heteroatoms. The zero-order valence-corrected chi connectivity index (χ0v) is 7.80. The third-order valence-electron chi connectivity index (χ3n) is 1.87. The molecule has 0 aliphatic carbocycles. The standard InChI is InChI=1S/C10H12O4/c1-14-8-4-2-7(3-5-8)6-9(11)10(12)13/h2-5,9,11H,6H2,1H3,(H,12,13)/t9-/m0/s1. The van der Waals surface area contributed by atoms with Gasteiger partial charge in [-0.3, -0.25) is 0 Å². The Morgan fingerprint density at radius 2 is 2.00 bits per heavy atom. The van der Waals surface area contributed by atoms with E-state index in [0.717, 1.165) is 5.56 Å². The smallest absolute Gasteiger partial charge is 0.332 e. The van der Waals surface area contributed by atoms with Crippen molar-refractivity contribution in [1.82, 2.24) is 0 Å². The van der Waals surface area contributed by atoms with E-state index in [0.29, 0.717) is 5.75 Å². The van der Waals surface area contributed by atoms with Crippen molar-refractivity contribution in [3.63, 3.8) is 0 Å². The number of aliphatic hydroxyl groups excluding tert-OH is 1. The normalized spacial score (nSPS) is 12.1. The molecule has 0 saturated carbocycles. The Morgan fingerprint density at radius 3 is 2.43 bits per heavy atom.